The number of carbonyl (C=O) groups is 1. The first-order valence-corrected chi connectivity index (χ1v) is 7.45. The molecular weight excluding hydrogens is 258 g/mol. The van der Waals surface area contributed by atoms with E-state index < -0.39 is 0 Å². The quantitative estimate of drug-likeness (QED) is 0.913. The Bertz CT molecular complexity index is 595. The highest BCUT2D eigenvalue weighted by molar-refractivity contribution is 7.16. The number of likely N-dealkylation sites (tertiary alicyclic amines) is 1. The molecule has 1 aliphatic heterocycles. The van der Waals surface area contributed by atoms with Gasteiger partial charge in [0.05, 0.1) is 15.7 Å². The third-order valence-corrected chi connectivity index (χ3v) is 4.49. The molecule has 0 radical (unpaired) electrons. The van der Waals surface area contributed by atoms with E-state index >= 15 is 0 Å². The van der Waals surface area contributed by atoms with Gasteiger partial charge >= 0.3 is 0 Å². The van der Waals surface area contributed by atoms with Crippen molar-refractivity contribution >= 4 is 27.5 Å². The Morgan fingerprint density at radius 2 is 2.42 bits per heavy atom. The molecule has 19 heavy (non-hydrogen) atoms. The molecule has 1 aromatic heterocycles. The van der Waals surface area contributed by atoms with Crippen LogP contribution in [-0.4, -0.2) is 42.0 Å². The first-order valence-electron chi connectivity index (χ1n) is 6.58. The lowest BCUT2D eigenvalue weighted by atomic mass is 10.0. The van der Waals surface area contributed by atoms with Crippen LogP contribution in [0.5, 0.6) is 0 Å². The summed E-state index contributed by atoms with van der Waals surface area (Å²) in [6, 6.07) is 6.19. The van der Waals surface area contributed by atoms with Crippen molar-refractivity contribution < 1.29 is 4.79 Å². The molecule has 1 N–H and O–H groups in total. The number of carbonyl (C=O) groups excluding carboxylic acids is 1. The molecule has 0 aliphatic carbocycles. The van der Waals surface area contributed by atoms with Gasteiger partial charge in [-0.3, -0.25) is 4.79 Å². The van der Waals surface area contributed by atoms with Crippen LogP contribution in [0.25, 0.3) is 10.2 Å². The van der Waals surface area contributed by atoms with E-state index in [1.807, 2.05) is 35.7 Å². The van der Waals surface area contributed by atoms with Crippen LogP contribution in [0, 0.1) is 0 Å². The van der Waals surface area contributed by atoms with Crippen LogP contribution < -0.4 is 5.32 Å². The fourth-order valence-electron chi connectivity index (χ4n) is 2.57. The Morgan fingerprint density at radius 1 is 1.53 bits per heavy atom. The molecule has 1 aromatic carbocycles. The van der Waals surface area contributed by atoms with E-state index in [-0.39, 0.29) is 5.91 Å². The molecule has 0 saturated carbocycles. The second kappa shape index (κ2) is 5.27. The number of rotatable bonds is 2. The molecule has 1 aliphatic rings. The Hall–Kier alpha value is -1.46. The minimum atomic E-state index is 0.134. The summed E-state index contributed by atoms with van der Waals surface area (Å²) >= 11 is 1.58. The van der Waals surface area contributed by atoms with Crippen molar-refractivity contribution in [1.29, 1.82) is 0 Å². The summed E-state index contributed by atoms with van der Waals surface area (Å²) in [5, 5.41) is 3.26. The number of aromatic nitrogens is 1. The van der Waals surface area contributed by atoms with Crippen molar-refractivity contribution in [3.8, 4) is 0 Å². The molecule has 5 heteroatoms. The number of amides is 1. The normalized spacial score (nSPS) is 19.8. The largest absolute Gasteiger partial charge is 0.337 e. The lowest BCUT2D eigenvalue weighted by Crippen LogP contribution is -2.46. The average molecular weight is 275 g/mol. The maximum absolute atomic E-state index is 12.5. The average Bonchev–Trinajstić information content (AvgIpc) is 2.94. The number of thiazole rings is 1. The molecule has 1 fully saturated rings. The minimum Gasteiger partial charge on any atom is -0.337 e. The maximum atomic E-state index is 12.5. The molecule has 1 amide bonds. The van der Waals surface area contributed by atoms with Crippen LogP contribution in [0.15, 0.2) is 23.7 Å². The van der Waals surface area contributed by atoms with E-state index in [0.717, 1.165) is 41.7 Å². The summed E-state index contributed by atoms with van der Waals surface area (Å²) in [6.07, 6.45) is 2.22. The van der Waals surface area contributed by atoms with E-state index in [4.69, 9.17) is 0 Å². The molecule has 0 spiro atoms. The van der Waals surface area contributed by atoms with Gasteiger partial charge < -0.3 is 10.2 Å². The monoisotopic (exact) mass is 275 g/mol. The first-order chi connectivity index (χ1) is 9.28. The van der Waals surface area contributed by atoms with Gasteiger partial charge in [0.1, 0.15) is 0 Å². The second-order valence-electron chi connectivity index (χ2n) is 4.91. The Labute approximate surface area is 116 Å². The number of nitrogens with one attached hydrogen (secondary N) is 1. The van der Waals surface area contributed by atoms with Crippen molar-refractivity contribution in [2.45, 2.75) is 18.9 Å². The van der Waals surface area contributed by atoms with Gasteiger partial charge in [0.25, 0.3) is 5.91 Å². The smallest absolute Gasteiger partial charge is 0.253 e. The van der Waals surface area contributed by atoms with Crippen LogP contribution in [0.2, 0.25) is 0 Å². The zero-order valence-electron chi connectivity index (χ0n) is 10.9. The molecule has 4 nitrogen and oxygen atoms in total. The van der Waals surface area contributed by atoms with E-state index in [0.29, 0.717) is 6.04 Å². The highest BCUT2D eigenvalue weighted by Gasteiger charge is 2.23. The van der Waals surface area contributed by atoms with E-state index in [2.05, 4.69) is 10.3 Å². The Morgan fingerprint density at radius 3 is 3.26 bits per heavy atom. The van der Waals surface area contributed by atoms with Gasteiger partial charge in [0.2, 0.25) is 0 Å². The van der Waals surface area contributed by atoms with Crippen LogP contribution in [0.4, 0.5) is 0 Å². The number of fused-ring (bicyclic) bond motifs is 1. The molecule has 100 valence electrons. The third kappa shape index (κ3) is 2.48. The lowest BCUT2D eigenvalue weighted by molar-refractivity contribution is 0.0698. The van der Waals surface area contributed by atoms with Gasteiger partial charge in [-0.2, -0.15) is 0 Å². The van der Waals surface area contributed by atoms with Gasteiger partial charge in [-0.25, -0.2) is 4.98 Å². The molecule has 1 atom stereocenters. The fraction of sp³-hybridized carbons (Fsp3) is 0.429. The van der Waals surface area contributed by atoms with Crippen molar-refractivity contribution in [1.82, 2.24) is 15.2 Å². The first kappa shape index (κ1) is 12.6. The number of benzene rings is 1. The highest BCUT2D eigenvalue weighted by atomic mass is 32.1. The highest BCUT2D eigenvalue weighted by Crippen LogP contribution is 2.21. The van der Waals surface area contributed by atoms with Gasteiger partial charge in [-0.05, 0) is 38.1 Å². The Kier molecular flexibility index (Phi) is 3.48. The van der Waals surface area contributed by atoms with Gasteiger partial charge in [-0.1, -0.05) is 0 Å². The third-order valence-electron chi connectivity index (χ3n) is 3.70. The standard InChI is InChI=1S/C14H17N3OS/c1-15-11-3-2-6-17(8-11)14(18)10-4-5-12-13(7-10)19-9-16-12/h4-5,7,9,11,15H,2-3,6,8H2,1H3. The molecule has 1 saturated heterocycles. The van der Waals surface area contributed by atoms with Crippen LogP contribution in [-0.2, 0) is 0 Å². The number of hydrogen-bond acceptors (Lipinski definition) is 4. The number of hydrogen-bond donors (Lipinski definition) is 1. The molecule has 2 heterocycles. The van der Waals surface area contributed by atoms with Crippen molar-refractivity contribution in [2.75, 3.05) is 20.1 Å². The van der Waals surface area contributed by atoms with Crippen LogP contribution >= 0.6 is 11.3 Å². The Balaban J connectivity index is 1.82. The van der Waals surface area contributed by atoms with Crippen molar-refractivity contribution in [3.63, 3.8) is 0 Å². The van der Waals surface area contributed by atoms with Crippen LogP contribution in [0.3, 0.4) is 0 Å². The van der Waals surface area contributed by atoms with Gasteiger partial charge in [0.15, 0.2) is 0 Å². The number of nitrogens with zero attached hydrogens (tertiary/aromatic N) is 2. The van der Waals surface area contributed by atoms with E-state index in [1.165, 1.54) is 0 Å². The summed E-state index contributed by atoms with van der Waals surface area (Å²) in [5.74, 6) is 0.134. The summed E-state index contributed by atoms with van der Waals surface area (Å²) in [7, 11) is 1.96. The molecule has 2 aromatic rings. The van der Waals surface area contributed by atoms with Crippen molar-refractivity contribution in [2.24, 2.45) is 0 Å². The van der Waals surface area contributed by atoms with Gasteiger partial charge in [-0.15, -0.1) is 11.3 Å². The zero-order valence-corrected chi connectivity index (χ0v) is 11.7. The summed E-state index contributed by atoms with van der Waals surface area (Å²) in [5.41, 5.74) is 3.55. The van der Waals surface area contributed by atoms with Crippen LogP contribution in [0.1, 0.15) is 23.2 Å². The predicted octanol–water partition coefficient (Wildman–Crippen LogP) is 2.12. The number of likely N-dealkylation sites (N-methyl/N-ethyl adjacent to an activating group) is 1. The fourth-order valence-corrected chi connectivity index (χ4v) is 3.28. The molecule has 1 unspecified atom stereocenters. The summed E-state index contributed by atoms with van der Waals surface area (Å²) < 4.78 is 1.08. The van der Waals surface area contributed by atoms with E-state index in [1.54, 1.807) is 11.3 Å². The van der Waals surface area contributed by atoms with E-state index in [9.17, 15) is 4.79 Å². The SMILES string of the molecule is CNC1CCCN(C(=O)c2ccc3ncsc3c2)C1. The second-order valence-corrected chi connectivity index (χ2v) is 5.80. The molecular formula is C14H17N3OS. The van der Waals surface area contributed by atoms with Crippen molar-refractivity contribution in [3.05, 3.63) is 29.3 Å². The topological polar surface area (TPSA) is 45.2 Å². The molecule has 0 bridgehead atoms. The van der Waals surface area contributed by atoms with Gasteiger partial charge in [0, 0.05) is 24.7 Å². The minimum absolute atomic E-state index is 0.134. The lowest BCUT2D eigenvalue weighted by Gasteiger charge is -2.32. The maximum Gasteiger partial charge on any atom is 0.253 e. The predicted molar refractivity (Wildman–Crippen MR) is 77.6 cm³/mol. The summed E-state index contributed by atoms with van der Waals surface area (Å²) in [6.45, 7) is 1.66. The summed E-state index contributed by atoms with van der Waals surface area (Å²) in [4.78, 5) is 18.7. The zero-order chi connectivity index (χ0) is 13.2. The molecule has 3 rings (SSSR count). The number of piperidine rings is 1.